The molecule has 224 valence electrons. The molecular weight excluding hydrogens is 600 g/mol. The molecule has 0 N–H and O–H groups in total. The highest BCUT2D eigenvalue weighted by atomic mass is 35.5. The van der Waals surface area contributed by atoms with Crippen LogP contribution in [0.2, 0.25) is 5.02 Å². The summed E-state index contributed by atoms with van der Waals surface area (Å²) in [6, 6.07) is 15.9. The molecule has 14 heteroatoms. The minimum absolute atomic E-state index is 0.0925. The summed E-state index contributed by atoms with van der Waals surface area (Å²) in [5.74, 6) is -2.14. The Bertz CT molecular complexity index is 1670. The molecule has 0 amide bonds. The second-order valence-corrected chi connectivity index (χ2v) is 10.1. The quantitative estimate of drug-likeness (QED) is 0.157. The molecule has 2 aromatic carbocycles. The Morgan fingerprint density at radius 1 is 0.930 bits per heavy atom. The van der Waals surface area contributed by atoms with Gasteiger partial charge in [0, 0.05) is 25.8 Å². The molecular formula is C29H27ClN4O8S. The van der Waals surface area contributed by atoms with E-state index in [9.17, 15) is 19.2 Å². The SMILES string of the molecule is CC(=O)OC1COC(n2nc(/C=C/c3ccc(Cl)cc3)c(=O)n(/N=C/c3ccccc3)c2=S)C(OC(C)=O)C1OC(C)=O. The summed E-state index contributed by atoms with van der Waals surface area (Å²) in [5, 5.41) is 9.28. The van der Waals surface area contributed by atoms with Gasteiger partial charge in [-0.1, -0.05) is 60.1 Å². The number of nitrogens with zero attached hydrogens (tertiary/aromatic N) is 4. The molecule has 4 unspecified atom stereocenters. The van der Waals surface area contributed by atoms with Crippen LogP contribution in [0.25, 0.3) is 12.2 Å². The fourth-order valence-electron chi connectivity index (χ4n) is 4.21. The topological polar surface area (TPSA) is 140 Å². The average Bonchev–Trinajstić information content (AvgIpc) is 2.95. The van der Waals surface area contributed by atoms with Gasteiger partial charge < -0.3 is 18.9 Å². The lowest BCUT2D eigenvalue weighted by atomic mass is 10.0. The van der Waals surface area contributed by atoms with Gasteiger partial charge in [0.15, 0.2) is 30.2 Å². The van der Waals surface area contributed by atoms with Crippen molar-refractivity contribution in [1.29, 1.82) is 0 Å². The number of aromatic nitrogens is 3. The van der Waals surface area contributed by atoms with Crippen LogP contribution in [-0.4, -0.2) is 63.5 Å². The monoisotopic (exact) mass is 626 g/mol. The van der Waals surface area contributed by atoms with Crippen molar-refractivity contribution < 1.29 is 33.3 Å². The Kier molecular flexibility index (Phi) is 10.3. The standard InChI is InChI=1S/C29H27ClN4O8S/c1-17(35)40-24-16-39-28(26(42-19(3)37)25(24)41-18(2)36)34-29(43)33(31-15-21-7-5-4-6-8-21)27(38)23(32-34)14-11-20-9-12-22(30)13-10-20/h4-15,24-26,28H,16H2,1-3H3/b14-11+,31-15+. The number of hydrogen-bond donors (Lipinski definition) is 0. The van der Waals surface area contributed by atoms with Crippen molar-refractivity contribution in [3.63, 3.8) is 0 Å². The highest BCUT2D eigenvalue weighted by molar-refractivity contribution is 7.71. The van der Waals surface area contributed by atoms with Crippen molar-refractivity contribution in [2.75, 3.05) is 6.61 Å². The van der Waals surface area contributed by atoms with Gasteiger partial charge >= 0.3 is 23.5 Å². The van der Waals surface area contributed by atoms with Crippen LogP contribution in [0.4, 0.5) is 0 Å². The van der Waals surface area contributed by atoms with E-state index in [1.54, 1.807) is 54.6 Å². The van der Waals surface area contributed by atoms with E-state index in [0.29, 0.717) is 10.6 Å². The van der Waals surface area contributed by atoms with Crippen molar-refractivity contribution in [2.45, 2.75) is 45.3 Å². The first-order chi connectivity index (χ1) is 20.5. The van der Waals surface area contributed by atoms with Crippen LogP contribution in [0.3, 0.4) is 0 Å². The summed E-state index contributed by atoms with van der Waals surface area (Å²) < 4.78 is 24.1. The van der Waals surface area contributed by atoms with Crippen molar-refractivity contribution in [3.05, 3.63) is 91.6 Å². The van der Waals surface area contributed by atoms with Crippen molar-refractivity contribution in [3.8, 4) is 0 Å². The van der Waals surface area contributed by atoms with Gasteiger partial charge in [0.05, 0.1) is 12.8 Å². The maximum atomic E-state index is 13.5. The molecule has 1 fully saturated rings. The van der Waals surface area contributed by atoms with Crippen LogP contribution in [0.15, 0.2) is 64.5 Å². The van der Waals surface area contributed by atoms with Gasteiger partial charge in [-0.2, -0.15) is 14.9 Å². The van der Waals surface area contributed by atoms with Crippen LogP contribution in [0.1, 0.15) is 43.8 Å². The average molecular weight is 627 g/mol. The number of carbonyl (C=O) groups is 3. The summed E-state index contributed by atoms with van der Waals surface area (Å²) in [7, 11) is 0. The molecule has 1 aromatic heterocycles. The number of carbonyl (C=O) groups excluding carboxylic acids is 3. The minimum atomic E-state index is -1.38. The zero-order valence-corrected chi connectivity index (χ0v) is 24.9. The molecule has 0 bridgehead atoms. The number of ether oxygens (including phenoxy) is 4. The molecule has 1 aliphatic rings. The fourth-order valence-corrected chi connectivity index (χ4v) is 4.61. The summed E-state index contributed by atoms with van der Waals surface area (Å²) in [5.41, 5.74) is 0.680. The van der Waals surface area contributed by atoms with Gasteiger partial charge in [-0.05, 0) is 41.6 Å². The molecule has 1 saturated heterocycles. The van der Waals surface area contributed by atoms with E-state index in [2.05, 4.69) is 10.2 Å². The van der Waals surface area contributed by atoms with Gasteiger partial charge in [-0.3, -0.25) is 19.2 Å². The fraction of sp³-hybridized carbons (Fsp3) is 0.276. The van der Waals surface area contributed by atoms with Gasteiger partial charge in [0.2, 0.25) is 4.77 Å². The number of benzene rings is 2. The van der Waals surface area contributed by atoms with Gasteiger partial charge in [0.25, 0.3) is 0 Å². The summed E-state index contributed by atoms with van der Waals surface area (Å²) in [4.78, 5) is 49.5. The van der Waals surface area contributed by atoms with E-state index in [0.717, 1.165) is 28.8 Å². The lowest BCUT2D eigenvalue weighted by molar-refractivity contribution is -0.242. The number of hydrogen-bond acceptors (Lipinski definition) is 11. The molecule has 0 spiro atoms. The minimum Gasteiger partial charge on any atom is -0.456 e. The lowest BCUT2D eigenvalue weighted by Gasteiger charge is -2.40. The van der Waals surface area contributed by atoms with E-state index >= 15 is 0 Å². The summed E-state index contributed by atoms with van der Waals surface area (Å²) in [6.07, 6.45) is -0.540. The van der Waals surface area contributed by atoms with Gasteiger partial charge in [-0.15, -0.1) is 0 Å². The van der Waals surface area contributed by atoms with Crippen LogP contribution >= 0.6 is 23.8 Å². The molecule has 3 aromatic rings. The van der Waals surface area contributed by atoms with Crippen LogP contribution < -0.4 is 5.56 Å². The summed E-state index contributed by atoms with van der Waals surface area (Å²) in [6.45, 7) is 3.21. The Morgan fingerprint density at radius 2 is 1.56 bits per heavy atom. The molecule has 12 nitrogen and oxygen atoms in total. The first-order valence-corrected chi connectivity index (χ1v) is 13.7. The largest absolute Gasteiger partial charge is 0.456 e. The second-order valence-electron chi connectivity index (χ2n) is 9.29. The lowest BCUT2D eigenvalue weighted by Crippen LogP contribution is -2.56. The Hall–Kier alpha value is -4.46. The number of halogens is 1. The molecule has 4 rings (SSSR count). The van der Waals surface area contributed by atoms with E-state index in [1.165, 1.54) is 19.2 Å². The number of rotatable bonds is 8. The second kappa shape index (κ2) is 14.1. The summed E-state index contributed by atoms with van der Waals surface area (Å²) >= 11 is 11.6. The van der Waals surface area contributed by atoms with Crippen LogP contribution in [-0.2, 0) is 33.3 Å². The highest BCUT2D eigenvalue weighted by Gasteiger charge is 2.48. The predicted molar refractivity (Wildman–Crippen MR) is 159 cm³/mol. The van der Waals surface area contributed by atoms with Crippen molar-refractivity contribution in [2.24, 2.45) is 5.10 Å². The first kappa shape index (κ1) is 31.5. The molecule has 2 heterocycles. The maximum Gasteiger partial charge on any atom is 0.303 e. The Morgan fingerprint density at radius 3 is 2.19 bits per heavy atom. The third-order valence-electron chi connectivity index (χ3n) is 5.99. The van der Waals surface area contributed by atoms with E-state index in [4.69, 9.17) is 42.8 Å². The van der Waals surface area contributed by atoms with Crippen LogP contribution in [0, 0.1) is 4.77 Å². The van der Waals surface area contributed by atoms with E-state index in [-0.39, 0.29) is 17.1 Å². The number of esters is 3. The van der Waals surface area contributed by atoms with Crippen molar-refractivity contribution >= 4 is 60.1 Å². The van der Waals surface area contributed by atoms with E-state index in [1.807, 2.05) is 6.07 Å². The molecule has 0 radical (unpaired) electrons. The first-order valence-electron chi connectivity index (χ1n) is 13.0. The molecule has 0 saturated carbocycles. The predicted octanol–water partition coefficient (Wildman–Crippen LogP) is 3.80. The van der Waals surface area contributed by atoms with E-state index < -0.39 is 48.0 Å². The Labute approximate surface area is 256 Å². The molecule has 43 heavy (non-hydrogen) atoms. The zero-order chi connectivity index (χ0) is 31.1. The van der Waals surface area contributed by atoms with Crippen LogP contribution in [0.5, 0.6) is 0 Å². The zero-order valence-electron chi connectivity index (χ0n) is 23.3. The van der Waals surface area contributed by atoms with Crippen molar-refractivity contribution in [1.82, 2.24) is 14.5 Å². The third-order valence-corrected chi connectivity index (χ3v) is 6.61. The normalized spacial score (nSPS) is 20.2. The van der Waals surface area contributed by atoms with Gasteiger partial charge in [-0.25, -0.2) is 4.68 Å². The molecule has 1 aliphatic heterocycles. The van der Waals surface area contributed by atoms with Gasteiger partial charge in [0.1, 0.15) is 0 Å². The highest BCUT2D eigenvalue weighted by Crippen LogP contribution is 2.30. The third kappa shape index (κ3) is 8.09. The molecule has 4 atom stereocenters. The Balaban J connectivity index is 1.87. The smallest absolute Gasteiger partial charge is 0.303 e. The maximum absolute atomic E-state index is 13.5. The molecule has 0 aliphatic carbocycles.